The van der Waals surface area contributed by atoms with Gasteiger partial charge in [-0.3, -0.25) is 4.79 Å². The lowest BCUT2D eigenvalue weighted by Crippen LogP contribution is -2.23. The van der Waals surface area contributed by atoms with Crippen molar-refractivity contribution in [1.29, 1.82) is 0 Å². The number of carbonyl (C=O) groups excluding carboxylic acids is 1. The van der Waals surface area contributed by atoms with Crippen molar-refractivity contribution in [2.24, 2.45) is 18.9 Å². The SMILES string of the molecule is CCCCC1CCC(C(=O)c2cnnn2C)CC1. The van der Waals surface area contributed by atoms with Gasteiger partial charge < -0.3 is 0 Å². The fourth-order valence-electron chi connectivity index (χ4n) is 2.93. The number of aryl methyl sites for hydroxylation is 1. The molecule has 4 nitrogen and oxygen atoms in total. The molecule has 0 aromatic carbocycles. The van der Waals surface area contributed by atoms with Crippen LogP contribution in [0.4, 0.5) is 0 Å². The fourth-order valence-corrected chi connectivity index (χ4v) is 2.93. The highest BCUT2D eigenvalue weighted by Gasteiger charge is 2.28. The highest BCUT2D eigenvalue weighted by molar-refractivity contribution is 5.96. The summed E-state index contributed by atoms with van der Waals surface area (Å²) in [4.78, 5) is 12.3. The molecule has 100 valence electrons. The lowest BCUT2D eigenvalue weighted by atomic mass is 9.77. The van der Waals surface area contributed by atoms with Gasteiger partial charge in [0.2, 0.25) is 0 Å². The molecule has 0 aliphatic heterocycles. The first-order valence-electron chi connectivity index (χ1n) is 7.11. The van der Waals surface area contributed by atoms with Gasteiger partial charge in [-0.2, -0.15) is 0 Å². The predicted molar refractivity (Wildman–Crippen MR) is 70.3 cm³/mol. The quantitative estimate of drug-likeness (QED) is 0.754. The van der Waals surface area contributed by atoms with Crippen LogP contribution in [0.1, 0.15) is 62.4 Å². The highest BCUT2D eigenvalue weighted by atomic mass is 16.1. The maximum atomic E-state index is 12.3. The third kappa shape index (κ3) is 2.98. The zero-order chi connectivity index (χ0) is 13.0. The highest BCUT2D eigenvalue weighted by Crippen LogP contribution is 2.33. The smallest absolute Gasteiger partial charge is 0.185 e. The van der Waals surface area contributed by atoms with E-state index in [9.17, 15) is 4.79 Å². The van der Waals surface area contributed by atoms with Gasteiger partial charge in [-0.05, 0) is 31.6 Å². The first-order chi connectivity index (χ1) is 8.72. The second kappa shape index (κ2) is 6.12. The molecule has 1 aliphatic rings. The van der Waals surface area contributed by atoms with Crippen molar-refractivity contribution in [3.63, 3.8) is 0 Å². The van der Waals surface area contributed by atoms with E-state index in [2.05, 4.69) is 17.2 Å². The molecule has 0 N–H and O–H groups in total. The molecule has 1 saturated carbocycles. The Labute approximate surface area is 109 Å². The summed E-state index contributed by atoms with van der Waals surface area (Å²) in [6.45, 7) is 2.24. The number of carbonyl (C=O) groups is 1. The van der Waals surface area contributed by atoms with Gasteiger partial charge >= 0.3 is 0 Å². The van der Waals surface area contributed by atoms with Crippen molar-refractivity contribution in [1.82, 2.24) is 15.0 Å². The average molecular weight is 249 g/mol. The Kier molecular flexibility index (Phi) is 4.50. The molecule has 1 fully saturated rings. The van der Waals surface area contributed by atoms with Crippen LogP contribution >= 0.6 is 0 Å². The van der Waals surface area contributed by atoms with E-state index >= 15 is 0 Å². The van der Waals surface area contributed by atoms with Crippen molar-refractivity contribution in [2.75, 3.05) is 0 Å². The Hall–Kier alpha value is -1.19. The summed E-state index contributed by atoms with van der Waals surface area (Å²) in [6, 6.07) is 0. The lowest BCUT2D eigenvalue weighted by Gasteiger charge is -2.27. The molecule has 1 aromatic heterocycles. The largest absolute Gasteiger partial charge is 0.292 e. The molecule has 0 amide bonds. The van der Waals surface area contributed by atoms with Gasteiger partial charge in [0.05, 0.1) is 6.20 Å². The number of unbranched alkanes of at least 4 members (excludes halogenated alkanes) is 1. The molecule has 2 rings (SSSR count). The monoisotopic (exact) mass is 249 g/mol. The topological polar surface area (TPSA) is 47.8 Å². The van der Waals surface area contributed by atoms with E-state index in [0.717, 1.165) is 18.8 Å². The second-order valence-corrected chi connectivity index (χ2v) is 5.47. The lowest BCUT2D eigenvalue weighted by molar-refractivity contribution is 0.0859. The van der Waals surface area contributed by atoms with E-state index in [0.29, 0.717) is 5.69 Å². The van der Waals surface area contributed by atoms with Gasteiger partial charge in [0.15, 0.2) is 5.78 Å². The van der Waals surface area contributed by atoms with Crippen LogP contribution in [0.2, 0.25) is 0 Å². The number of hydrogen-bond donors (Lipinski definition) is 0. The number of ketones is 1. The molecule has 1 aliphatic carbocycles. The zero-order valence-electron chi connectivity index (χ0n) is 11.4. The molecular formula is C14H23N3O. The zero-order valence-corrected chi connectivity index (χ0v) is 11.4. The van der Waals surface area contributed by atoms with Crippen molar-refractivity contribution in [3.8, 4) is 0 Å². The molecule has 0 saturated heterocycles. The Bertz CT molecular complexity index is 391. The number of aromatic nitrogens is 3. The van der Waals surface area contributed by atoms with Gasteiger partial charge in [0.1, 0.15) is 5.69 Å². The summed E-state index contributed by atoms with van der Waals surface area (Å²) in [5.41, 5.74) is 0.659. The van der Waals surface area contributed by atoms with Crippen LogP contribution in [-0.2, 0) is 7.05 Å². The van der Waals surface area contributed by atoms with Gasteiger partial charge in [-0.1, -0.05) is 31.4 Å². The van der Waals surface area contributed by atoms with E-state index in [1.807, 2.05) is 0 Å². The van der Waals surface area contributed by atoms with E-state index < -0.39 is 0 Å². The summed E-state index contributed by atoms with van der Waals surface area (Å²) in [5, 5.41) is 7.62. The van der Waals surface area contributed by atoms with Crippen molar-refractivity contribution in [2.45, 2.75) is 51.9 Å². The molecular weight excluding hydrogens is 226 g/mol. The minimum absolute atomic E-state index is 0.195. The van der Waals surface area contributed by atoms with Gasteiger partial charge in [-0.15, -0.1) is 5.10 Å². The number of nitrogens with zero attached hydrogens (tertiary/aromatic N) is 3. The summed E-state index contributed by atoms with van der Waals surface area (Å²) < 4.78 is 1.59. The Balaban J connectivity index is 1.86. The molecule has 0 atom stereocenters. The molecule has 1 heterocycles. The third-order valence-corrected chi connectivity index (χ3v) is 4.15. The Morgan fingerprint density at radius 2 is 2.11 bits per heavy atom. The van der Waals surface area contributed by atoms with E-state index in [-0.39, 0.29) is 11.7 Å². The van der Waals surface area contributed by atoms with Crippen LogP contribution in [0.15, 0.2) is 6.20 Å². The molecule has 0 bridgehead atoms. The third-order valence-electron chi connectivity index (χ3n) is 4.15. The van der Waals surface area contributed by atoms with Crippen LogP contribution < -0.4 is 0 Å². The van der Waals surface area contributed by atoms with Crippen molar-refractivity contribution >= 4 is 5.78 Å². The van der Waals surface area contributed by atoms with Crippen LogP contribution in [-0.4, -0.2) is 20.8 Å². The summed E-state index contributed by atoms with van der Waals surface area (Å²) in [6.07, 6.45) is 10.0. The molecule has 0 unspecified atom stereocenters. The van der Waals surface area contributed by atoms with Crippen LogP contribution in [0.5, 0.6) is 0 Å². The maximum absolute atomic E-state index is 12.3. The Morgan fingerprint density at radius 3 is 2.67 bits per heavy atom. The average Bonchev–Trinajstić information content (AvgIpc) is 2.82. The summed E-state index contributed by atoms with van der Waals surface area (Å²) in [7, 11) is 1.78. The first kappa shape index (κ1) is 13.2. The summed E-state index contributed by atoms with van der Waals surface area (Å²) >= 11 is 0. The fraction of sp³-hybridized carbons (Fsp3) is 0.786. The second-order valence-electron chi connectivity index (χ2n) is 5.47. The van der Waals surface area contributed by atoms with Crippen LogP contribution in [0.3, 0.4) is 0 Å². The maximum Gasteiger partial charge on any atom is 0.185 e. The van der Waals surface area contributed by atoms with Gasteiger partial charge in [0.25, 0.3) is 0 Å². The molecule has 1 aromatic rings. The van der Waals surface area contributed by atoms with Crippen LogP contribution in [0, 0.1) is 11.8 Å². The van der Waals surface area contributed by atoms with Crippen molar-refractivity contribution < 1.29 is 4.79 Å². The molecule has 0 radical (unpaired) electrons. The standard InChI is InChI=1S/C14H23N3O/c1-3-4-5-11-6-8-12(9-7-11)14(18)13-10-15-16-17(13)2/h10-12H,3-9H2,1-2H3. The number of hydrogen-bond acceptors (Lipinski definition) is 3. The van der Waals surface area contributed by atoms with Crippen molar-refractivity contribution in [3.05, 3.63) is 11.9 Å². The molecule has 0 spiro atoms. The predicted octanol–water partition coefficient (Wildman–Crippen LogP) is 2.99. The summed E-state index contributed by atoms with van der Waals surface area (Å²) in [5.74, 6) is 1.27. The van der Waals surface area contributed by atoms with E-state index in [1.54, 1.807) is 17.9 Å². The van der Waals surface area contributed by atoms with Crippen LogP contribution in [0.25, 0.3) is 0 Å². The van der Waals surface area contributed by atoms with E-state index in [1.165, 1.54) is 32.1 Å². The number of rotatable bonds is 5. The first-order valence-corrected chi connectivity index (χ1v) is 7.11. The molecule has 4 heteroatoms. The number of Topliss-reactive ketones (excluding diaryl/α,β-unsaturated/α-hetero) is 1. The van der Waals surface area contributed by atoms with Gasteiger partial charge in [0, 0.05) is 13.0 Å². The molecule has 18 heavy (non-hydrogen) atoms. The Morgan fingerprint density at radius 1 is 1.39 bits per heavy atom. The minimum Gasteiger partial charge on any atom is -0.292 e. The van der Waals surface area contributed by atoms with Gasteiger partial charge in [-0.25, -0.2) is 4.68 Å². The van der Waals surface area contributed by atoms with E-state index in [4.69, 9.17) is 0 Å². The minimum atomic E-state index is 0.195. The normalized spacial score (nSPS) is 24.1.